The zero-order chi connectivity index (χ0) is 25.7. The number of carbonyl (C=O) groups excluding carboxylic acids is 2. The lowest BCUT2D eigenvalue weighted by Crippen LogP contribution is -2.29. The van der Waals surface area contributed by atoms with Gasteiger partial charge in [0.15, 0.2) is 6.29 Å². The highest BCUT2D eigenvalue weighted by Crippen LogP contribution is 2.35. The quantitative estimate of drug-likeness (QED) is 0.330. The van der Waals surface area contributed by atoms with Crippen LogP contribution in [0.3, 0.4) is 0 Å². The van der Waals surface area contributed by atoms with Crippen LogP contribution >= 0.6 is 0 Å². The first-order valence-corrected chi connectivity index (χ1v) is 11.8. The van der Waals surface area contributed by atoms with Gasteiger partial charge in [0, 0.05) is 44.1 Å². The summed E-state index contributed by atoms with van der Waals surface area (Å²) in [6.07, 6.45) is 4.64. The molecule has 0 atom stereocenters. The van der Waals surface area contributed by atoms with Crippen molar-refractivity contribution in [2.75, 3.05) is 61.2 Å². The van der Waals surface area contributed by atoms with Crippen molar-refractivity contribution in [3.05, 3.63) is 72.4 Å². The molecule has 1 amide bonds. The van der Waals surface area contributed by atoms with E-state index in [4.69, 9.17) is 4.98 Å². The van der Waals surface area contributed by atoms with Crippen LogP contribution in [0.5, 0.6) is 0 Å². The summed E-state index contributed by atoms with van der Waals surface area (Å²) in [4.78, 5) is 39.5. The highest BCUT2D eigenvalue weighted by atomic mass is 16.1. The van der Waals surface area contributed by atoms with Gasteiger partial charge in [-0.25, -0.2) is 4.98 Å². The number of nitrogens with one attached hydrogen (secondary N) is 2. The lowest BCUT2D eigenvalue weighted by atomic mass is 10.1. The number of hydrogen-bond acceptors (Lipinski definition) is 8. The Hall–Kier alpha value is -4.24. The van der Waals surface area contributed by atoms with Gasteiger partial charge in [0.25, 0.3) is 0 Å². The van der Waals surface area contributed by atoms with Crippen molar-refractivity contribution in [2.24, 2.45) is 0 Å². The van der Waals surface area contributed by atoms with Crippen molar-refractivity contribution < 1.29 is 9.59 Å². The average Bonchev–Trinajstić information content (AvgIpc) is 3.32. The minimum Gasteiger partial charge on any atom is -0.372 e. The van der Waals surface area contributed by atoms with Gasteiger partial charge in [-0.3, -0.25) is 9.59 Å². The maximum atomic E-state index is 12.2. The van der Waals surface area contributed by atoms with Crippen LogP contribution in [-0.2, 0) is 11.2 Å². The summed E-state index contributed by atoms with van der Waals surface area (Å²) in [5.74, 6) is 0.785. The number of rotatable bonds is 10. The van der Waals surface area contributed by atoms with E-state index in [-0.39, 0.29) is 5.91 Å². The van der Waals surface area contributed by atoms with Crippen LogP contribution in [0, 0.1) is 0 Å². The van der Waals surface area contributed by atoms with E-state index in [9.17, 15) is 9.59 Å². The number of aromatic nitrogens is 2. The summed E-state index contributed by atoms with van der Waals surface area (Å²) in [6, 6.07) is 13.6. The Balaban J connectivity index is 1.66. The molecule has 0 saturated heterocycles. The summed E-state index contributed by atoms with van der Waals surface area (Å²) < 4.78 is 0. The van der Waals surface area contributed by atoms with Gasteiger partial charge >= 0.3 is 0 Å². The highest BCUT2D eigenvalue weighted by Gasteiger charge is 2.21. The first-order chi connectivity index (χ1) is 17.4. The second kappa shape index (κ2) is 11.0. The topological polar surface area (TPSA) is 93.7 Å². The molecule has 2 aromatic carbocycles. The Morgan fingerprint density at radius 3 is 2.69 bits per heavy atom. The minimum absolute atomic E-state index is 0.340. The first-order valence-electron chi connectivity index (χ1n) is 11.8. The maximum absolute atomic E-state index is 12.2. The SMILES string of the molecule is C=CC(=O)Nc1cc(Nc2nccc(N3CCc4ccccc43)n2)c(C=O)cc1N(C)CCN(C)C. The van der Waals surface area contributed by atoms with Gasteiger partial charge in [-0.2, -0.15) is 4.98 Å². The molecule has 1 aromatic heterocycles. The predicted molar refractivity (Wildman–Crippen MR) is 145 cm³/mol. The van der Waals surface area contributed by atoms with Crippen molar-refractivity contribution in [1.82, 2.24) is 14.9 Å². The Labute approximate surface area is 211 Å². The van der Waals surface area contributed by atoms with Crippen molar-refractivity contribution in [2.45, 2.75) is 6.42 Å². The standard InChI is InChI=1S/C27H31N7O2/c1-5-26(36)29-22-17-21(20(18-35)16-24(22)33(4)15-14-32(2)3)30-27-28-12-10-25(31-27)34-13-11-19-8-6-7-9-23(19)34/h5-10,12,16-18H,1,11,13-15H2,2-4H3,(H,29,36)(H,28,30,31). The lowest BCUT2D eigenvalue weighted by Gasteiger charge is -2.25. The highest BCUT2D eigenvalue weighted by molar-refractivity contribution is 6.03. The van der Waals surface area contributed by atoms with E-state index in [0.717, 1.165) is 43.0 Å². The van der Waals surface area contributed by atoms with Gasteiger partial charge in [0.2, 0.25) is 11.9 Å². The Kier molecular flexibility index (Phi) is 7.60. The summed E-state index contributed by atoms with van der Waals surface area (Å²) in [5.41, 5.74) is 4.62. The van der Waals surface area contributed by atoms with E-state index in [1.165, 1.54) is 11.6 Å². The fourth-order valence-electron chi connectivity index (χ4n) is 4.14. The largest absolute Gasteiger partial charge is 0.372 e. The molecule has 1 aliphatic rings. The van der Waals surface area contributed by atoms with E-state index >= 15 is 0 Å². The number of nitrogens with zero attached hydrogens (tertiary/aromatic N) is 5. The van der Waals surface area contributed by atoms with Crippen LogP contribution in [0.25, 0.3) is 0 Å². The van der Waals surface area contributed by atoms with E-state index < -0.39 is 0 Å². The van der Waals surface area contributed by atoms with E-state index in [0.29, 0.717) is 29.4 Å². The zero-order valence-corrected chi connectivity index (χ0v) is 20.9. The second-order valence-corrected chi connectivity index (χ2v) is 8.89. The Bertz CT molecular complexity index is 1270. The third kappa shape index (κ3) is 5.52. The van der Waals surface area contributed by atoms with Crippen LogP contribution in [0.2, 0.25) is 0 Å². The molecule has 36 heavy (non-hydrogen) atoms. The average molecular weight is 486 g/mol. The van der Waals surface area contributed by atoms with Gasteiger partial charge in [0.05, 0.1) is 17.1 Å². The van der Waals surface area contributed by atoms with Crippen molar-refractivity contribution in [1.29, 1.82) is 0 Å². The van der Waals surface area contributed by atoms with Crippen LogP contribution in [0.15, 0.2) is 61.3 Å². The lowest BCUT2D eigenvalue weighted by molar-refractivity contribution is -0.111. The molecule has 1 aliphatic heterocycles. The first kappa shape index (κ1) is 24.9. The number of aldehydes is 1. The fourth-order valence-corrected chi connectivity index (χ4v) is 4.14. The molecule has 0 aliphatic carbocycles. The molecule has 186 valence electrons. The normalized spacial score (nSPS) is 12.3. The van der Waals surface area contributed by atoms with Crippen LogP contribution in [-0.4, -0.2) is 67.8 Å². The number of anilines is 6. The fraction of sp³-hybridized carbons (Fsp3) is 0.259. The van der Waals surface area contributed by atoms with Gasteiger partial charge in [-0.1, -0.05) is 24.8 Å². The predicted octanol–water partition coefficient (Wildman–Crippen LogP) is 3.85. The molecule has 2 N–H and O–H groups in total. The van der Waals surface area contributed by atoms with Gasteiger partial charge in [-0.15, -0.1) is 0 Å². The zero-order valence-electron chi connectivity index (χ0n) is 20.9. The molecule has 9 heteroatoms. The smallest absolute Gasteiger partial charge is 0.247 e. The molecule has 0 unspecified atom stereocenters. The summed E-state index contributed by atoms with van der Waals surface area (Å²) in [5, 5.41) is 6.03. The molecule has 0 bridgehead atoms. The number of carbonyl (C=O) groups is 2. The third-order valence-electron chi connectivity index (χ3n) is 6.08. The molecule has 0 fully saturated rings. The summed E-state index contributed by atoms with van der Waals surface area (Å²) in [6.45, 7) is 5.90. The molecule has 4 rings (SSSR count). The third-order valence-corrected chi connectivity index (χ3v) is 6.08. The van der Waals surface area contributed by atoms with E-state index in [1.807, 2.05) is 44.2 Å². The number of likely N-dealkylation sites (N-methyl/N-ethyl adjacent to an activating group) is 2. The summed E-state index contributed by atoms with van der Waals surface area (Å²) >= 11 is 0. The van der Waals surface area contributed by atoms with Gasteiger partial charge in [0.1, 0.15) is 5.82 Å². The molecule has 9 nitrogen and oxygen atoms in total. The van der Waals surface area contributed by atoms with Crippen LogP contribution < -0.4 is 20.4 Å². The second-order valence-electron chi connectivity index (χ2n) is 8.89. The summed E-state index contributed by atoms with van der Waals surface area (Å²) in [7, 11) is 5.91. The molecule has 3 aromatic rings. The van der Waals surface area contributed by atoms with Crippen molar-refractivity contribution >= 4 is 46.7 Å². The van der Waals surface area contributed by atoms with Gasteiger partial charge < -0.3 is 25.3 Å². The molecular weight excluding hydrogens is 454 g/mol. The van der Waals surface area contributed by atoms with Crippen LogP contribution in [0.4, 0.5) is 34.5 Å². The number of para-hydroxylation sites is 1. The molecule has 0 spiro atoms. The Morgan fingerprint density at radius 1 is 1.14 bits per heavy atom. The maximum Gasteiger partial charge on any atom is 0.247 e. The number of amides is 1. The monoisotopic (exact) mass is 485 g/mol. The van der Waals surface area contributed by atoms with Gasteiger partial charge in [-0.05, 0) is 56.4 Å². The molecule has 2 heterocycles. The minimum atomic E-state index is -0.340. The number of benzene rings is 2. The van der Waals surface area contributed by atoms with Crippen molar-refractivity contribution in [3.8, 4) is 0 Å². The number of fused-ring (bicyclic) bond motifs is 1. The van der Waals surface area contributed by atoms with E-state index in [2.05, 4.69) is 44.1 Å². The molecule has 0 saturated carbocycles. The van der Waals surface area contributed by atoms with E-state index in [1.54, 1.807) is 18.3 Å². The molecular formula is C27H31N7O2. The number of hydrogen-bond donors (Lipinski definition) is 2. The Morgan fingerprint density at radius 2 is 1.94 bits per heavy atom. The molecule has 0 radical (unpaired) electrons. The van der Waals surface area contributed by atoms with Crippen molar-refractivity contribution in [3.63, 3.8) is 0 Å². The van der Waals surface area contributed by atoms with Crippen LogP contribution in [0.1, 0.15) is 15.9 Å².